The van der Waals surface area contributed by atoms with Gasteiger partial charge in [-0.25, -0.2) is 0 Å². The summed E-state index contributed by atoms with van der Waals surface area (Å²) >= 11 is 6.00. The summed E-state index contributed by atoms with van der Waals surface area (Å²) in [6, 6.07) is 5.05. The van der Waals surface area contributed by atoms with E-state index in [0.29, 0.717) is 28.9 Å². The minimum atomic E-state index is -0.0714. The average molecular weight is 284 g/mol. The number of amides is 1. The summed E-state index contributed by atoms with van der Waals surface area (Å²) in [5, 5.41) is 3.24. The molecular formula is C14H22ClN3O. The molecule has 0 bridgehead atoms. The van der Waals surface area contributed by atoms with E-state index in [-0.39, 0.29) is 5.91 Å². The first-order chi connectivity index (χ1) is 8.88. The second kappa shape index (κ2) is 7.36. The fourth-order valence-corrected chi connectivity index (χ4v) is 1.86. The Balaban J connectivity index is 2.46. The summed E-state index contributed by atoms with van der Waals surface area (Å²) in [5.41, 5.74) is 6.78. The molecule has 0 spiro atoms. The lowest BCUT2D eigenvalue weighted by molar-refractivity contribution is -0.117. The number of anilines is 2. The van der Waals surface area contributed by atoms with Gasteiger partial charge in [0.15, 0.2) is 0 Å². The van der Waals surface area contributed by atoms with Gasteiger partial charge in [0.25, 0.3) is 0 Å². The highest BCUT2D eigenvalue weighted by Crippen LogP contribution is 2.23. The Morgan fingerprint density at radius 2 is 2.16 bits per heavy atom. The third kappa shape index (κ3) is 5.94. The van der Waals surface area contributed by atoms with Gasteiger partial charge in [0.2, 0.25) is 5.91 Å². The SMILES string of the molecule is CC(C)CCN(C)CC(=O)Nc1ccc(N)cc1Cl. The maximum atomic E-state index is 11.9. The molecule has 0 unspecified atom stereocenters. The predicted octanol–water partition coefficient (Wildman–Crippen LogP) is 2.84. The van der Waals surface area contributed by atoms with E-state index in [1.807, 2.05) is 11.9 Å². The highest BCUT2D eigenvalue weighted by molar-refractivity contribution is 6.34. The summed E-state index contributed by atoms with van der Waals surface area (Å²) in [7, 11) is 1.94. The summed E-state index contributed by atoms with van der Waals surface area (Å²) in [5.74, 6) is 0.565. The average Bonchev–Trinajstić information content (AvgIpc) is 2.30. The van der Waals surface area contributed by atoms with E-state index in [1.54, 1.807) is 18.2 Å². The second-order valence-corrected chi connectivity index (χ2v) is 5.61. The van der Waals surface area contributed by atoms with Crippen molar-refractivity contribution in [1.82, 2.24) is 4.90 Å². The zero-order chi connectivity index (χ0) is 14.4. The van der Waals surface area contributed by atoms with Gasteiger partial charge in [-0.2, -0.15) is 0 Å². The van der Waals surface area contributed by atoms with Crippen molar-refractivity contribution >= 4 is 28.9 Å². The van der Waals surface area contributed by atoms with Gasteiger partial charge in [-0.15, -0.1) is 0 Å². The van der Waals surface area contributed by atoms with E-state index in [9.17, 15) is 4.79 Å². The molecule has 1 aromatic carbocycles. The van der Waals surface area contributed by atoms with Crippen LogP contribution in [0.1, 0.15) is 20.3 Å². The zero-order valence-corrected chi connectivity index (χ0v) is 12.5. The van der Waals surface area contributed by atoms with Crippen LogP contribution in [0.25, 0.3) is 0 Å². The Labute approximate surface area is 119 Å². The van der Waals surface area contributed by atoms with E-state index in [4.69, 9.17) is 17.3 Å². The number of nitrogens with one attached hydrogen (secondary N) is 1. The summed E-state index contributed by atoms with van der Waals surface area (Å²) < 4.78 is 0. The Bertz CT molecular complexity index is 435. The quantitative estimate of drug-likeness (QED) is 0.789. The molecule has 1 amide bonds. The number of carbonyl (C=O) groups excluding carboxylic acids is 1. The van der Waals surface area contributed by atoms with E-state index in [1.165, 1.54) is 0 Å². The number of carbonyl (C=O) groups is 1. The molecule has 0 aliphatic heterocycles. The third-order valence-corrected chi connectivity index (χ3v) is 3.08. The minimum absolute atomic E-state index is 0.0714. The van der Waals surface area contributed by atoms with Gasteiger partial charge in [-0.1, -0.05) is 25.4 Å². The maximum absolute atomic E-state index is 11.9. The minimum Gasteiger partial charge on any atom is -0.399 e. The van der Waals surface area contributed by atoms with Crippen LogP contribution < -0.4 is 11.1 Å². The molecule has 0 aromatic heterocycles. The van der Waals surface area contributed by atoms with Gasteiger partial charge in [0.05, 0.1) is 17.3 Å². The monoisotopic (exact) mass is 283 g/mol. The van der Waals surface area contributed by atoms with Crippen LogP contribution in [0.5, 0.6) is 0 Å². The second-order valence-electron chi connectivity index (χ2n) is 5.21. The Morgan fingerprint density at radius 3 is 2.74 bits per heavy atom. The van der Waals surface area contributed by atoms with Crippen molar-refractivity contribution in [3.05, 3.63) is 23.2 Å². The Hall–Kier alpha value is -1.26. The van der Waals surface area contributed by atoms with Crippen LogP contribution in [0.3, 0.4) is 0 Å². The van der Waals surface area contributed by atoms with Crippen molar-refractivity contribution in [3.63, 3.8) is 0 Å². The molecule has 0 aliphatic carbocycles. The largest absolute Gasteiger partial charge is 0.399 e. The molecule has 4 nitrogen and oxygen atoms in total. The first-order valence-corrected chi connectivity index (χ1v) is 6.79. The fourth-order valence-electron chi connectivity index (χ4n) is 1.63. The number of likely N-dealkylation sites (N-methyl/N-ethyl adjacent to an activating group) is 1. The van der Waals surface area contributed by atoms with Crippen molar-refractivity contribution in [2.75, 3.05) is 31.2 Å². The van der Waals surface area contributed by atoms with E-state index >= 15 is 0 Å². The normalized spacial score (nSPS) is 11.1. The van der Waals surface area contributed by atoms with Crippen LogP contribution in [0.2, 0.25) is 5.02 Å². The molecular weight excluding hydrogens is 262 g/mol. The molecule has 1 aromatic rings. The number of hydrogen-bond donors (Lipinski definition) is 2. The molecule has 0 heterocycles. The highest BCUT2D eigenvalue weighted by Gasteiger charge is 2.09. The number of rotatable bonds is 6. The molecule has 5 heteroatoms. The molecule has 106 valence electrons. The molecule has 0 saturated heterocycles. The van der Waals surface area contributed by atoms with Gasteiger partial charge in [0.1, 0.15) is 0 Å². The van der Waals surface area contributed by atoms with Crippen molar-refractivity contribution in [3.8, 4) is 0 Å². The Morgan fingerprint density at radius 1 is 1.47 bits per heavy atom. The van der Waals surface area contributed by atoms with Gasteiger partial charge >= 0.3 is 0 Å². The van der Waals surface area contributed by atoms with E-state index < -0.39 is 0 Å². The van der Waals surface area contributed by atoms with Crippen LogP contribution in [0.4, 0.5) is 11.4 Å². The molecule has 0 saturated carbocycles. The number of nitrogens with zero attached hydrogens (tertiary/aromatic N) is 1. The standard InChI is InChI=1S/C14H22ClN3O/c1-10(2)6-7-18(3)9-14(19)17-13-5-4-11(16)8-12(13)15/h4-5,8,10H,6-7,9,16H2,1-3H3,(H,17,19). The lowest BCUT2D eigenvalue weighted by Crippen LogP contribution is -2.31. The topological polar surface area (TPSA) is 58.4 Å². The van der Waals surface area contributed by atoms with Gasteiger partial charge < -0.3 is 11.1 Å². The first kappa shape index (κ1) is 15.8. The number of nitrogen functional groups attached to an aromatic ring is 1. The number of halogens is 1. The van der Waals surface area contributed by atoms with Gasteiger partial charge in [-0.05, 0) is 44.1 Å². The lowest BCUT2D eigenvalue weighted by Gasteiger charge is -2.17. The van der Waals surface area contributed by atoms with Crippen LogP contribution in [-0.2, 0) is 4.79 Å². The number of nitrogens with two attached hydrogens (primary N) is 1. The smallest absolute Gasteiger partial charge is 0.238 e. The van der Waals surface area contributed by atoms with Gasteiger partial charge in [-0.3, -0.25) is 9.69 Å². The van der Waals surface area contributed by atoms with Crippen molar-refractivity contribution in [2.24, 2.45) is 5.92 Å². The maximum Gasteiger partial charge on any atom is 0.238 e. The van der Waals surface area contributed by atoms with Crippen molar-refractivity contribution < 1.29 is 4.79 Å². The Kier molecular flexibility index (Phi) is 6.12. The molecule has 0 atom stereocenters. The first-order valence-electron chi connectivity index (χ1n) is 6.42. The third-order valence-electron chi connectivity index (χ3n) is 2.77. The fraction of sp³-hybridized carbons (Fsp3) is 0.500. The van der Waals surface area contributed by atoms with Gasteiger partial charge in [0, 0.05) is 5.69 Å². The van der Waals surface area contributed by atoms with Crippen LogP contribution in [-0.4, -0.2) is 30.9 Å². The molecule has 0 fully saturated rings. The zero-order valence-electron chi connectivity index (χ0n) is 11.7. The lowest BCUT2D eigenvalue weighted by atomic mass is 10.1. The number of hydrogen-bond acceptors (Lipinski definition) is 3. The van der Waals surface area contributed by atoms with Crippen LogP contribution >= 0.6 is 11.6 Å². The molecule has 0 aliphatic rings. The predicted molar refractivity (Wildman–Crippen MR) is 81.4 cm³/mol. The number of benzene rings is 1. The van der Waals surface area contributed by atoms with Crippen molar-refractivity contribution in [2.45, 2.75) is 20.3 Å². The summed E-state index contributed by atoms with van der Waals surface area (Å²) in [6.07, 6.45) is 1.08. The van der Waals surface area contributed by atoms with E-state index in [2.05, 4.69) is 19.2 Å². The van der Waals surface area contributed by atoms with E-state index in [0.717, 1.165) is 13.0 Å². The highest BCUT2D eigenvalue weighted by atomic mass is 35.5. The van der Waals surface area contributed by atoms with Crippen LogP contribution in [0, 0.1) is 5.92 Å². The molecule has 3 N–H and O–H groups in total. The molecule has 0 radical (unpaired) electrons. The molecule has 1 rings (SSSR count). The van der Waals surface area contributed by atoms with Crippen molar-refractivity contribution in [1.29, 1.82) is 0 Å². The summed E-state index contributed by atoms with van der Waals surface area (Å²) in [6.45, 7) is 5.60. The summed E-state index contributed by atoms with van der Waals surface area (Å²) in [4.78, 5) is 13.9. The van der Waals surface area contributed by atoms with Crippen LogP contribution in [0.15, 0.2) is 18.2 Å². The molecule has 19 heavy (non-hydrogen) atoms.